The summed E-state index contributed by atoms with van der Waals surface area (Å²) >= 11 is 0. The van der Waals surface area contributed by atoms with Gasteiger partial charge in [-0.15, -0.1) is 0 Å². The molecule has 21 heavy (non-hydrogen) atoms. The summed E-state index contributed by atoms with van der Waals surface area (Å²) in [7, 11) is 0. The Balaban J connectivity index is 1.79. The molecule has 0 aromatic heterocycles. The van der Waals surface area contributed by atoms with Crippen molar-refractivity contribution in [3.8, 4) is 5.75 Å². The fourth-order valence-electron chi connectivity index (χ4n) is 3.05. The number of ether oxygens (including phenoxy) is 1. The molecule has 3 nitrogen and oxygen atoms in total. The minimum absolute atomic E-state index is 0.129. The molecular weight excluding hydrogens is 269 g/mol. The van der Waals surface area contributed by atoms with Crippen LogP contribution in [-0.2, 0) is 0 Å². The van der Waals surface area contributed by atoms with Crippen LogP contribution in [0.5, 0.6) is 5.75 Å². The van der Waals surface area contributed by atoms with Gasteiger partial charge in [0.1, 0.15) is 12.7 Å². The van der Waals surface area contributed by atoms with E-state index in [9.17, 15) is 9.50 Å². The number of hydrogen-bond acceptors (Lipinski definition) is 3. The van der Waals surface area contributed by atoms with Crippen molar-refractivity contribution >= 4 is 0 Å². The van der Waals surface area contributed by atoms with Crippen molar-refractivity contribution in [2.24, 2.45) is 0 Å². The zero-order chi connectivity index (χ0) is 15.1. The Kier molecular flexibility index (Phi) is 6.46. The molecule has 1 N–H and O–H groups in total. The van der Waals surface area contributed by atoms with Gasteiger partial charge in [-0.2, -0.15) is 0 Å². The summed E-state index contributed by atoms with van der Waals surface area (Å²) in [5.74, 6) is -0.179. The molecule has 0 bridgehead atoms. The van der Waals surface area contributed by atoms with Crippen LogP contribution in [0.4, 0.5) is 4.39 Å². The van der Waals surface area contributed by atoms with Gasteiger partial charge in [-0.05, 0) is 31.5 Å². The second-order valence-electron chi connectivity index (χ2n) is 5.77. The summed E-state index contributed by atoms with van der Waals surface area (Å²) < 4.78 is 18.8. The Bertz CT molecular complexity index is 421. The molecule has 1 fully saturated rings. The number of halogens is 1. The lowest BCUT2D eigenvalue weighted by Crippen LogP contribution is -2.43. The van der Waals surface area contributed by atoms with Gasteiger partial charge < -0.3 is 9.84 Å². The van der Waals surface area contributed by atoms with Crippen molar-refractivity contribution in [1.82, 2.24) is 4.90 Å². The smallest absolute Gasteiger partial charge is 0.165 e. The third kappa shape index (κ3) is 4.97. The van der Waals surface area contributed by atoms with Gasteiger partial charge in [-0.25, -0.2) is 4.39 Å². The molecule has 0 heterocycles. The second kappa shape index (κ2) is 8.35. The first-order chi connectivity index (χ1) is 10.2. The summed E-state index contributed by atoms with van der Waals surface area (Å²) in [5, 5.41) is 10.1. The Morgan fingerprint density at radius 3 is 2.67 bits per heavy atom. The first kappa shape index (κ1) is 16.2. The number of aliphatic hydroxyl groups excluding tert-OH is 1. The number of hydrogen-bond donors (Lipinski definition) is 1. The van der Waals surface area contributed by atoms with Crippen LogP contribution in [0.1, 0.15) is 39.0 Å². The maximum atomic E-state index is 13.4. The van der Waals surface area contributed by atoms with E-state index in [0.29, 0.717) is 12.6 Å². The molecule has 1 aromatic rings. The predicted octanol–water partition coefficient (Wildman–Crippen LogP) is 3.22. The number of aliphatic hydroxyl groups is 1. The van der Waals surface area contributed by atoms with Crippen molar-refractivity contribution in [1.29, 1.82) is 0 Å². The average molecular weight is 295 g/mol. The van der Waals surface area contributed by atoms with Crippen LogP contribution in [0.15, 0.2) is 24.3 Å². The van der Waals surface area contributed by atoms with Gasteiger partial charge in [-0.1, -0.05) is 38.3 Å². The van der Waals surface area contributed by atoms with Crippen LogP contribution in [0.2, 0.25) is 0 Å². The highest BCUT2D eigenvalue weighted by Gasteiger charge is 2.22. The van der Waals surface area contributed by atoms with Gasteiger partial charge in [0.05, 0.1) is 0 Å². The average Bonchev–Trinajstić information content (AvgIpc) is 2.52. The third-order valence-electron chi connectivity index (χ3n) is 4.21. The number of rotatable bonds is 7. The van der Waals surface area contributed by atoms with Gasteiger partial charge in [-0.3, -0.25) is 4.90 Å². The van der Waals surface area contributed by atoms with Gasteiger partial charge in [0, 0.05) is 12.6 Å². The Labute approximate surface area is 126 Å². The molecule has 1 atom stereocenters. The molecule has 1 aliphatic rings. The predicted molar refractivity (Wildman–Crippen MR) is 82.0 cm³/mol. The first-order valence-corrected chi connectivity index (χ1v) is 8.00. The minimum atomic E-state index is -0.591. The van der Waals surface area contributed by atoms with Gasteiger partial charge in [0.25, 0.3) is 0 Å². The van der Waals surface area contributed by atoms with Crippen LogP contribution in [0, 0.1) is 5.82 Å². The summed E-state index contributed by atoms with van der Waals surface area (Å²) in [5.41, 5.74) is 0. The zero-order valence-corrected chi connectivity index (χ0v) is 12.8. The standard InChI is InChI=1S/C17H26FNO2/c1-2-19(14-8-4-3-5-9-14)12-15(20)13-21-17-11-7-6-10-16(17)18/h6-7,10-11,14-15,20H,2-5,8-9,12-13H2,1H3/t15-/m1/s1. The number of nitrogens with zero attached hydrogens (tertiary/aromatic N) is 1. The fourth-order valence-corrected chi connectivity index (χ4v) is 3.05. The van der Waals surface area contributed by atoms with Crippen LogP contribution in [-0.4, -0.2) is 41.8 Å². The summed E-state index contributed by atoms with van der Waals surface area (Å²) in [6.45, 7) is 3.78. The molecule has 1 aromatic carbocycles. The van der Waals surface area contributed by atoms with Gasteiger partial charge >= 0.3 is 0 Å². The van der Waals surface area contributed by atoms with Crippen LogP contribution >= 0.6 is 0 Å². The lowest BCUT2D eigenvalue weighted by Gasteiger charge is -2.34. The largest absolute Gasteiger partial charge is 0.488 e. The molecule has 1 saturated carbocycles. The molecular formula is C17H26FNO2. The number of para-hydroxylation sites is 1. The SMILES string of the molecule is CCN(C[C@@H](O)COc1ccccc1F)C1CCCCC1. The van der Waals surface area contributed by atoms with Gasteiger partial charge in [0.15, 0.2) is 11.6 Å². The van der Waals surface area contributed by atoms with E-state index in [1.54, 1.807) is 18.2 Å². The number of likely N-dealkylation sites (N-methyl/N-ethyl adjacent to an activating group) is 1. The zero-order valence-electron chi connectivity index (χ0n) is 12.8. The molecule has 0 amide bonds. The lowest BCUT2D eigenvalue weighted by molar-refractivity contribution is 0.0454. The quantitative estimate of drug-likeness (QED) is 0.838. The Hall–Kier alpha value is -1.13. The highest BCUT2D eigenvalue weighted by molar-refractivity contribution is 5.23. The molecule has 1 aliphatic carbocycles. The van der Waals surface area contributed by atoms with E-state index in [1.165, 1.54) is 38.2 Å². The second-order valence-corrected chi connectivity index (χ2v) is 5.77. The van der Waals surface area contributed by atoms with Crippen molar-refractivity contribution < 1.29 is 14.2 Å². The topological polar surface area (TPSA) is 32.7 Å². The maximum Gasteiger partial charge on any atom is 0.165 e. The van der Waals surface area contributed by atoms with E-state index >= 15 is 0 Å². The van der Waals surface area contributed by atoms with Crippen molar-refractivity contribution in [3.63, 3.8) is 0 Å². The Morgan fingerprint density at radius 2 is 2.00 bits per heavy atom. The molecule has 0 radical (unpaired) electrons. The van der Waals surface area contributed by atoms with Crippen LogP contribution in [0.3, 0.4) is 0 Å². The normalized spacial score (nSPS) is 17.9. The van der Waals surface area contributed by atoms with Crippen molar-refractivity contribution in [3.05, 3.63) is 30.1 Å². The molecule has 4 heteroatoms. The summed E-state index contributed by atoms with van der Waals surface area (Å²) in [6, 6.07) is 6.88. The molecule has 0 saturated heterocycles. The van der Waals surface area contributed by atoms with E-state index in [2.05, 4.69) is 11.8 Å². The molecule has 118 valence electrons. The summed E-state index contributed by atoms with van der Waals surface area (Å²) in [4.78, 5) is 2.33. The van der Waals surface area contributed by atoms with Crippen molar-refractivity contribution in [2.45, 2.75) is 51.2 Å². The van der Waals surface area contributed by atoms with Crippen molar-refractivity contribution in [2.75, 3.05) is 19.7 Å². The van der Waals surface area contributed by atoms with E-state index in [4.69, 9.17) is 4.74 Å². The molecule has 0 unspecified atom stereocenters. The Morgan fingerprint density at radius 1 is 1.29 bits per heavy atom. The third-order valence-corrected chi connectivity index (χ3v) is 4.21. The van der Waals surface area contributed by atoms with E-state index in [-0.39, 0.29) is 18.2 Å². The molecule has 2 rings (SSSR count). The van der Waals surface area contributed by atoms with Crippen LogP contribution < -0.4 is 4.74 Å². The highest BCUT2D eigenvalue weighted by atomic mass is 19.1. The number of benzene rings is 1. The van der Waals surface area contributed by atoms with E-state index < -0.39 is 6.10 Å². The lowest BCUT2D eigenvalue weighted by atomic mass is 9.94. The fraction of sp³-hybridized carbons (Fsp3) is 0.647. The van der Waals surface area contributed by atoms with Crippen LogP contribution in [0.25, 0.3) is 0 Å². The first-order valence-electron chi connectivity index (χ1n) is 8.00. The van der Waals surface area contributed by atoms with E-state index in [1.807, 2.05) is 0 Å². The van der Waals surface area contributed by atoms with Gasteiger partial charge in [0.2, 0.25) is 0 Å². The highest BCUT2D eigenvalue weighted by Crippen LogP contribution is 2.22. The molecule has 0 aliphatic heterocycles. The monoisotopic (exact) mass is 295 g/mol. The molecule has 0 spiro atoms. The minimum Gasteiger partial charge on any atom is -0.488 e. The maximum absolute atomic E-state index is 13.4. The summed E-state index contributed by atoms with van der Waals surface area (Å²) in [6.07, 6.45) is 5.73. The van der Waals surface area contributed by atoms with E-state index in [0.717, 1.165) is 6.54 Å².